The van der Waals surface area contributed by atoms with Gasteiger partial charge in [-0.25, -0.2) is 4.79 Å². The fourth-order valence-electron chi connectivity index (χ4n) is 2.27. The second kappa shape index (κ2) is 8.19. The lowest BCUT2D eigenvalue weighted by molar-refractivity contribution is -0.119. The van der Waals surface area contributed by atoms with Gasteiger partial charge in [-0.3, -0.25) is 4.79 Å². The van der Waals surface area contributed by atoms with Crippen LogP contribution in [0, 0.1) is 13.8 Å². The number of carbonyl (C=O) groups is 2. The molecule has 2 aromatic rings. The number of benzene rings is 2. The van der Waals surface area contributed by atoms with Crippen LogP contribution in [0.3, 0.4) is 0 Å². The van der Waals surface area contributed by atoms with Crippen LogP contribution in [0.25, 0.3) is 0 Å². The standard InChI is InChI=1S/C19H21NO5/c1-12-8-9-14(10-13(12)2)20-17(21)11-25-19(22)18-15(23-3)6-5-7-16(18)24-4/h5-10H,11H2,1-4H3,(H,20,21). The van der Waals surface area contributed by atoms with E-state index in [9.17, 15) is 9.59 Å². The van der Waals surface area contributed by atoms with Crippen LogP contribution in [-0.2, 0) is 9.53 Å². The Kier molecular flexibility index (Phi) is 6.00. The monoisotopic (exact) mass is 343 g/mol. The molecular formula is C19H21NO5. The van der Waals surface area contributed by atoms with Crippen molar-refractivity contribution < 1.29 is 23.8 Å². The van der Waals surface area contributed by atoms with Crippen molar-refractivity contribution in [2.75, 3.05) is 26.1 Å². The largest absolute Gasteiger partial charge is 0.496 e. The molecule has 6 nitrogen and oxygen atoms in total. The minimum absolute atomic E-state index is 0.145. The Hall–Kier alpha value is -3.02. The maximum Gasteiger partial charge on any atom is 0.346 e. The SMILES string of the molecule is COc1cccc(OC)c1C(=O)OCC(=O)Nc1ccc(C)c(C)c1. The Morgan fingerprint density at radius 1 is 0.960 bits per heavy atom. The molecule has 0 aromatic heterocycles. The third-order valence-corrected chi connectivity index (χ3v) is 3.76. The van der Waals surface area contributed by atoms with Crippen molar-refractivity contribution in [3.05, 3.63) is 53.1 Å². The zero-order valence-electron chi connectivity index (χ0n) is 14.7. The van der Waals surface area contributed by atoms with Crippen LogP contribution in [0.5, 0.6) is 11.5 Å². The van der Waals surface area contributed by atoms with Gasteiger partial charge in [-0.05, 0) is 49.2 Å². The maximum absolute atomic E-state index is 12.3. The lowest BCUT2D eigenvalue weighted by Gasteiger charge is -2.12. The van der Waals surface area contributed by atoms with Gasteiger partial charge >= 0.3 is 5.97 Å². The van der Waals surface area contributed by atoms with Crippen LogP contribution in [0.15, 0.2) is 36.4 Å². The van der Waals surface area contributed by atoms with E-state index in [1.54, 1.807) is 24.3 Å². The van der Waals surface area contributed by atoms with E-state index in [2.05, 4.69) is 5.32 Å². The fourth-order valence-corrected chi connectivity index (χ4v) is 2.27. The van der Waals surface area contributed by atoms with Crippen LogP contribution >= 0.6 is 0 Å². The number of carbonyl (C=O) groups excluding carboxylic acids is 2. The molecule has 1 amide bonds. The Morgan fingerprint density at radius 2 is 1.60 bits per heavy atom. The van der Waals surface area contributed by atoms with E-state index in [1.807, 2.05) is 26.0 Å². The van der Waals surface area contributed by atoms with Gasteiger partial charge in [0.15, 0.2) is 6.61 Å². The molecule has 25 heavy (non-hydrogen) atoms. The first-order chi connectivity index (χ1) is 12.0. The van der Waals surface area contributed by atoms with E-state index in [0.29, 0.717) is 17.2 Å². The first-order valence-electron chi connectivity index (χ1n) is 7.71. The molecule has 0 unspecified atom stereocenters. The van der Waals surface area contributed by atoms with E-state index < -0.39 is 18.5 Å². The molecule has 0 saturated carbocycles. The van der Waals surface area contributed by atoms with Gasteiger partial charge in [0.2, 0.25) is 0 Å². The molecule has 0 spiro atoms. The van der Waals surface area contributed by atoms with Gasteiger partial charge in [0, 0.05) is 5.69 Å². The van der Waals surface area contributed by atoms with E-state index in [0.717, 1.165) is 11.1 Å². The Morgan fingerprint density at radius 3 is 2.16 bits per heavy atom. The average Bonchev–Trinajstić information content (AvgIpc) is 2.62. The lowest BCUT2D eigenvalue weighted by atomic mass is 10.1. The molecule has 0 aliphatic rings. The average molecular weight is 343 g/mol. The molecule has 0 fully saturated rings. The van der Waals surface area contributed by atoms with Crippen molar-refractivity contribution in [2.24, 2.45) is 0 Å². The highest BCUT2D eigenvalue weighted by Crippen LogP contribution is 2.28. The Labute approximate surface area is 146 Å². The molecule has 132 valence electrons. The summed E-state index contributed by atoms with van der Waals surface area (Å²) in [5, 5.41) is 2.70. The predicted octanol–water partition coefficient (Wildman–Crippen LogP) is 3.12. The number of hydrogen-bond acceptors (Lipinski definition) is 5. The van der Waals surface area contributed by atoms with Gasteiger partial charge in [-0.1, -0.05) is 12.1 Å². The zero-order chi connectivity index (χ0) is 18.4. The molecule has 0 saturated heterocycles. The molecule has 1 N–H and O–H groups in total. The van der Waals surface area contributed by atoms with Gasteiger partial charge in [-0.15, -0.1) is 0 Å². The van der Waals surface area contributed by atoms with Crippen LogP contribution in [0.2, 0.25) is 0 Å². The number of esters is 1. The minimum atomic E-state index is -0.690. The van der Waals surface area contributed by atoms with Crippen molar-refractivity contribution in [3.63, 3.8) is 0 Å². The van der Waals surface area contributed by atoms with E-state index >= 15 is 0 Å². The molecule has 0 aliphatic heterocycles. The summed E-state index contributed by atoms with van der Waals surface area (Å²) < 4.78 is 15.4. The third kappa shape index (κ3) is 4.50. The molecule has 0 radical (unpaired) electrons. The molecule has 6 heteroatoms. The van der Waals surface area contributed by atoms with Gasteiger partial charge in [0.05, 0.1) is 14.2 Å². The summed E-state index contributed by atoms with van der Waals surface area (Å²) in [6.07, 6.45) is 0. The number of rotatable bonds is 6. The van der Waals surface area contributed by atoms with E-state index in [4.69, 9.17) is 14.2 Å². The number of anilines is 1. The lowest BCUT2D eigenvalue weighted by Crippen LogP contribution is -2.21. The summed E-state index contributed by atoms with van der Waals surface area (Å²) >= 11 is 0. The molecule has 0 heterocycles. The zero-order valence-corrected chi connectivity index (χ0v) is 14.7. The van der Waals surface area contributed by atoms with Crippen molar-refractivity contribution in [1.29, 1.82) is 0 Å². The predicted molar refractivity (Wildman–Crippen MR) is 94.4 cm³/mol. The topological polar surface area (TPSA) is 73.9 Å². The molecule has 0 bridgehead atoms. The van der Waals surface area contributed by atoms with Gasteiger partial charge in [0.1, 0.15) is 17.1 Å². The summed E-state index contributed by atoms with van der Waals surface area (Å²) in [6.45, 7) is 3.54. The third-order valence-electron chi connectivity index (χ3n) is 3.76. The maximum atomic E-state index is 12.3. The number of aryl methyl sites for hydroxylation is 2. The van der Waals surface area contributed by atoms with Crippen molar-refractivity contribution in [1.82, 2.24) is 0 Å². The molecular weight excluding hydrogens is 322 g/mol. The Bertz CT molecular complexity index is 763. The normalized spacial score (nSPS) is 10.1. The van der Waals surface area contributed by atoms with Crippen LogP contribution in [-0.4, -0.2) is 32.7 Å². The number of methoxy groups -OCH3 is 2. The van der Waals surface area contributed by atoms with Gasteiger partial charge < -0.3 is 19.5 Å². The van der Waals surface area contributed by atoms with Crippen molar-refractivity contribution in [3.8, 4) is 11.5 Å². The van der Waals surface area contributed by atoms with E-state index in [1.165, 1.54) is 14.2 Å². The summed E-state index contributed by atoms with van der Waals surface area (Å²) in [4.78, 5) is 24.3. The molecule has 0 aliphatic carbocycles. The van der Waals surface area contributed by atoms with Gasteiger partial charge in [0.25, 0.3) is 5.91 Å². The number of ether oxygens (including phenoxy) is 3. The van der Waals surface area contributed by atoms with Crippen LogP contribution < -0.4 is 14.8 Å². The van der Waals surface area contributed by atoms with E-state index in [-0.39, 0.29) is 5.56 Å². The van der Waals surface area contributed by atoms with Crippen LogP contribution in [0.4, 0.5) is 5.69 Å². The second-order valence-electron chi connectivity index (χ2n) is 5.46. The van der Waals surface area contributed by atoms with Gasteiger partial charge in [-0.2, -0.15) is 0 Å². The molecule has 2 rings (SSSR count). The highest BCUT2D eigenvalue weighted by molar-refractivity contribution is 5.98. The highest BCUT2D eigenvalue weighted by atomic mass is 16.5. The summed E-state index contributed by atoms with van der Waals surface area (Å²) in [7, 11) is 2.88. The number of amides is 1. The fraction of sp³-hybridized carbons (Fsp3) is 0.263. The Balaban J connectivity index is 2.02. The minimum Gasteiger partial charge on any atom is -0.496 e. The highest BCUT2D eigenvalue weighted by Gasteiger charge is 2.20. The summed E-state index contributed by atoms with van der Waals surface area (Å²) in [6, 6.07) is 10.5. The van der Waals surface area contributed by atoms with Crippen molar-refractivity contribution >= 4 is 17.6 Å². The summed E-state index contributed by atoms with van der Waals surface area (Å²) in [5.74, 6) is -0.479. The second-order valence-corrected chi connectivity index (χ2v) is 5.46. The first-order valence-corrected chi connectivity index (χ1v) is 7.71. The summed E-state index contributed by atoms with van der Waals surface area (Å²) in [5.41, 5.74) is 2.99. The molecule has 2 aromatic carbocycles. The quantitative estimate of drug-likeness (QED) is 0.816. The number of nitrogens with one attached hydrogen (secondary N) is 1. The number of hydrogen-bond donors (Lipinski definition) is 1. The van der Waals surface area contributed by atoms with Crippen LogP contribution in [0.1, 0.15) is 21.5 Å². The first kappa shape index (κ1) is 18.3. The molecule has 0 atom stereocenters. The smallest absolute Gasteiger partial charge is 0.346 e. The van der Waals surface area contributed by atoms with Crippen molar-refractivity contribution in [2.45, 2.75) is 13.8 Å².